The highest BCUT2D eigenvalue weighted by molar-refractivity contribution is 14.1. The third-order valence-corrected chi connectivity index (χ3v) is 3.98. The average molecular weight is 386 g/mol. The molecule has 0 aliphatic carbocycles. The van der Waals surface area contributed by atoms with Crippen molar-refractivity contribution in [2.24, 2.45) is 0 Å². The lowest BCUT2D eigenvalue weighted by Crippen LogP contribution is -2.16. The Kier molecular flexibility index (Phi) is 4.64. The molecule has 0 aliphatic heterocycles. The maximum Gasteiger partial charge on any atom is 0.264 e. The van der Waals surface area contributed by atoms with Crippen molar-refractivity contribution < 1.29 is 9.84 Å². The van der Waals surface area contributed by atoms with Crippen molar-refractivity contribution in [3.05, 3.63) is 37.8 Å². The van der Waals surface area contributed by atoms with Crippen molar-refractivity contribution in [3.63, 3.8) is 0 Å². The van der Waals surface area contributed by atoms with Gasteiger partial charge in [0, 0.05) is 5.56 Å². The zero-order valence-corrected chi connectivity index (χ0v) is 13.4. The van der Waals surface area contributed by atoms with Gasteiger partial charge in [-0.1, -0.05) is 13.3 Å². The zero-order chi connectivity index (χ0) is 14.7. The Labute approximate surface area is 130 Å². The van der Waals surface area contributed by atoms with Gasteiger partial charge in [-0.15, -0.1) is 0 Å². The molecule has 6 heteroatoms. The van der Waals surface area contributed by atoms with Crippen molar-refractivity contribution >= 4 is 22.6 Å². The molecule has 2 aromatic rings. The Morgan fingerprint density at radius 3 is 2.80 bits per heavy atom. The van der Waals surface area contributed by atoms with Crippen LogP contribution in [-0.2, 0) is 6.42 Å². The number of H-pyrrole nitrogens is 1. The lowest BCUT2D eigenvalue weighted by atomic mass is 10.1. The maximum absolute atomic E-state index is 11.9. The third-order valence-electron chi connectivity index (χ3n) is 2.87. The first-order valence-corrected chi connectivity index (χ1v) is 7.30. The minimum atomic E-state index is -0.158. The molecule has 0 fully saturated rings. The minimum Gasteiger partial charge on any atom is -0.504 e. The molecule has 1 heterocycles. The highest BCUT2D eigenvalue weighted by Crippen LogP contribution is 2.29. The smallest absolute Gasteiger partial charge is 0.264 e. The summed E-state index contributed by atoms with van der Waals surface area (Å²) in [5.41, 5.74) is 1.27. The summed E-state index contributed by atoms with van der Waals surface area (Å²) in [7, 11) is 1.49. The Bertz CT molecular complexity index is 683. The molecule has 0 saturated heterocycles. The van der Waals surface area contributed by atoms with Gasteiger partial charge in [-0.25, -0.2) is 4.98 Å². The largest absolute Gasteiger partial charge is 0.504 e. The summed E-state index contributed by atoms with van der Waals surface area (Å²) in [5, 5.41) is 9.80. The van der Waals surface area contributed by atoms with Crippen LogP contribution in [0.2, 0.25) is 0 Å². The van der Waals surface area contributed by atoms with Crippen LogP contribution in [0.4, 0.5) is 0 Å². The van der Waals surface area contributed by atoms with E-state index in [0.717, 1.165) is 18.5 Å². The van der Waals surface area contributed by atoms with Gasteiger partial charge in [-0.05, 0) is 47.2 Å². The van der Waals surface area contributed by atoms with E-state index in [1.807, 2.05) is 29.5 Å². The van der Waals surface area contributed by atoms with Gasteiger partial charge in [0.05, 0.1) is 16.4 Å². The Hall–Kier alpha value is -1.57. The van der Waals surface area contributed by atoms with Crippen LogP contribution in [0.25, 0.3) is 11.4 Å². The van der Waals surface area contributed by atoms with Gasteiger partial charge in [0.2, 0.25) is 0 Å². The lowest BCUT2D eigenvalue weighted by Gasteiger charge is -2.08. The van der Waals surface area contributed by atoms with Crippen LogP contribution in [0.1, 0.15) is 19.0 Å². The fourth-order valence-corrected chi connectivity index (χ4v) is 2.41. The molecule has 2 N–H and O–H groups in total. The van der Waals surface area contributed by atoms with Crippen LogP contribution in [0, 0.1) is 3.57 Å². The summed E-state index contributed by atoms with van der Waals surface area (Å²) in [6.45, 7) is 2.04. The summed E-state index contributed by atoms with van der Waals surface area (Å²) in [5.74, 6) is 0.857. The standard InChI is InChI=1S/C14H15IN2O3/c1-3-4-9-12(15)14(19)17-13(16-9)8-5-6-11(20-2)10(18)7-8/h5-7,18H,3-4H2,1-2H3,(H,16,17,19). The molecule has 106 valence electrons. The zero-order valence-electron chi connectivity index (χ0n) is 11.2. The summed E-state index contributed by atoms with van der Waals surface area (Å²) >= 11 is 2.01. The summed E-state index contributed by atoms with van der Waals surface area (Å²) in [4.78, 5) is 19.1. The Morgan fingerprint density at radius 1 is 1.45 bits per heavy atom. The van der Waals surface area contributed by atoms with Crippen LogP contribution in [-0.4, -0.2) is 22.2 Å². The van der Waals surface area contributed by atoms with Gasteiger partial charge < -0.3 is 14.8 Å². The number of nitrogens with one attached hydrogen (secondary N) is 1. The minimum absolute atomic E-state index is 0.0169. The van der Waals surface area contributed by atoms with Crippen LogP contribution in [0.3, 0.4) is 0 Å². The number of rotatable bonds is 4. The topological polar surface area (TPSA) is 75.2 Å². The molecule has 1 aromatic carbocycles. The second-order valence-corrected chi connectivity index (χ2v) is 5.39. The van der Waals surface area contributed by atoms with Gasteiger partial charge in [0.1, 0.15) is 5.82 Å². The molecule has 2 rings (SSSR count). The first kappa shape index (κ1) is 14.8. The quantitative estimate of drug-likeness (QED) is 0.793. The predicted octanol–water partition coefficient (Wildman–Crippen LogP) is 2.71. The highest BCUT2D eigenvalue weighted by Gasteiger charge is 2.11. The number of phenolic OH excluding ortho intramolecular Hbond substituents is 1. The molecule has 1 aromatic heterocycles. The van der Waals surface area contributed by atoms with Crippen molar-refractivity contribution in [1.29, 1.82) is 0 Å². The number of aryl methyl sites for hydroxylation is 1. The number of aromatic amines is 1. The van der Waals surface area contributed by atoms with Crippen LogP contribution >= 0.6 is 22.6 Å². The summed E-state index contributed by atoms with van der Waals surface area (Å²) in [6, 6.07) is 4.92. The number of methoxy groups -OCH3 is 1. The van der Waals surface area contributed by atoms with E-state index in [-0.39, 0.29) is 11.3 Å². The van der Waals surface area contributed by atoms with Gasteiger partial charge in [0.25, 0.3) is 5.56 Å². The Morgan fingerprint density at radius 2 is 2.20 bits per heavy atom. The normalized spacial score (nSPS) is 10.6. The van der Waals surface area contributed by atoms with E-state index in [2.05, 4.69) is 9.97 Å². The second kappa shape index (κ2) is 6.25. The summed E-state index contributed by atoms with van der Waals surface area (Å²) in [6.07, 6.45) is 1.66. The van der Waals surface area contributed by atoms with E-state index in [1.54, 1.807) is 12.1 Å². The highest BCUT2D eigenvalue weighted by atomic mass is 127. The van der Waals surface area contributed by atoms with Crippen LogP contribution < -0.4 is 10.3 Å². The first-order valence-electron chi connectivity index (χ1n) is 6.22. The maximum atomic E-state index is 11.9. The molecule has 0 amide bonds. The van der Waals surface area contributed by atoms with E-state index in [1.165, 1.54) is 13.2 Å². The molecule has 0 aliphatic rings. The van der Waals surface area contributed by atoms with Crippen molar-refractivity contribution in [2.75, 3.05) is 7.11 Å². The van der Waals surface area contributed by atoms with Crippen molar-refractivity contribution in [2.45, 2.75) is 19.8 Å². The second-order valence-electron chi connectivity index (χ2n) is 4.31. The average Bonchev–Trinajstić information content (AvgIpc) is 2.43. The number of hydrogen-bond acceptors (Lipinski definition) is 4. The van der Waals surface area contributed by atoms with Gasteiger partial charge in [-0.3, -0.25) is 4.79 Å². The number of phenols is 1. The number of aromatic nitrogens is 2. The molecule has 0 unspecified atom stereocenters. The number of aromatic hydroxyl groups is 1. The van der Waals surface area contributed by atoms with E-state index >= 15 is 0 Å². The molecular weight excluding hydrogens is 371 g/mol. The number of nitrogens with zero attached hydrogens (tertiary/aromatic N) is 1. The van der Waals surface area contributed by atoms with Gasteiger partial charge >= 0.3 is 0 Å². The fraction of sp³-hybridized carbons (Fsp3) is 0.286. The summed E-state index contributed by atoms with van der Waals surface area (Å²) < 4.78 is 5.61. The number of ether oxygens (including phenoxy) is 1. The van der Waals surface area contributed by atoms with Crippen molar-refractivity contribution in [3.8, 4) is 22.9 Å². The van der Waals surface area contributed by atoms with Crippen LogP contribution in [0.15, 0.2) is 23.0 Å². The van der Waals surface area contributed by atoms with Crippen molar-refractivity contribution in [1.82, 2.24) is 9.97 Å². The van der Waals surface area contributed by atoms with E-state index in [0.29, 0.717) is 20.7 Å². The molecule has 0 radical (unpaired) electrons. The number of benzene rings is 1. The SMILES string of the molecule is CCCc1nc(-c2ccc(OC)c(O)c2)[nH]c(=O)c1I. The van der Waals surface area contributed by atoms with E-state index in [4.69, 9.17) is 4.74 Å². The number of halogens is 1. The van der Waals surface area contributed by atoms with Crippen LogP contribution in [0.5, 0.6) is 11.5 Å². The predicted molar refractivity (Wildman–Crippen MR) is 85.2 cm³/mol. The molecule has 0 saturated carbocycles. The fourth-order valence-electron chi connectivity index (χ4n) is 1.88. The molecular formula is C14H15IN2O3. The molecule has 0 bridgehead atoms. The molecule has 0 atom stereocenters. The number of hydrogen-bond donors (Lipinski definition) is 2. The molecule has 5 nitrogen and oxygen atoms in total. The molecule has 0 spiro atoms. The Balaban J connectivity index is 2.52. The third kappa shape index (κ3) is 2.95. The lowest BCUT2D eigenvalue weighted by molar-refractivity contribution is 0.373. The molecule has 20 heavy (non-hydrogen) atoms. The van der Waals surface area contributed by atoms with Gasteiger partial charge in [-0.2, -0.15) is 0 Å². The van der Waals surface area contributed by atoms with E-state index in [9.17, 15) is 9.90 Å². The first-order chi connectivity index (χ1) is 9.56. The van der Waals surface area contributed by atoms with E-state index < -0.39 is 0 Å². The van der Waals surface area contributed by atoms with Gasteiger partial charge in [0.15, 0.2) is 11.5 Å². The monoisotopic (exact) mass is 386 g/mol.